The van der Waals surface area contributed by atoms with Crippen LogP contribution >= 0.6 is 0 Å². The van der Waals surface area contributed by atoms with E-state index in [1.165, 1.54) is 28.7 Å². The van der Waals surface area contributed by atoms with Gasteiger partial charge in [0.1, 0.15) is 0 Å². The van der Waals surface area contributed by atoms with E-state index in [0.29, 0.717) is 5.92 Å². The second-order valence-electron chi connectivity index (χ2n) is 4.71. The zero-order chi connectivity index (χ0) is 12.3. The standard InChI is InChI=1S/C17H20/c1-4-13(2)15-10-7-8-12-17(15)16-11-6-5-9-14(16)3/h5-13H,4H2,1-3H3/t13-/m1/s1. The van der Waals surface area contributed by atoms with Gasteiger partial charge in [0.15, 0.2) is 0 Å². The summed E-state index contributed by atoms with van der Waals surface area (Å²) >= 11 is 0. The molecule has 0 aromatic heterocycles. The molecule has 0 heteroatoms. The van der Waals surface area contributed by atoms with Crippen LogP contribution in [0.25, 0.3) is 11.1 Å². The number of aryl methyl sites for hydroxylation is 1. The van der Waals surface area contributed by atoms with E-state index in [9.17, 15) is 0 Å². The molecule has 2 rings (SSSR count). The van der Waals surface area contributed by atoms with Crippen molar-refractivity contribution in [2.45, 2.75) is 33.1 Å². The fraction of sp³-hybridized carbons (Fsp3) is 0.294. The van der Waals surface area contributed by atoms with E-state index in [0.717, 1.165) is 0 Å². The van der Waals surface area contributed by atoms with E-state index in [4.69, 9.17) is 0 Å². The number of hydrogen-bond donors (Lipinski definition) is 0. The Morgan fingerprint density at radius 3 is 2.12 bits per heavy atom. The highest BCUT2D eigenvalue weighted by Gasteiger charge is 2.10. The molecule has 0 amide bonds. The van der Waals surface area contributed by atoms with Crippen LogP contribution in [0.2, 0.25) is 0 Å². The molecular formula is C17H20. The molecule has 0 saturated carbocycles. The topological polar surface area (TPSA) is 0 Å². The van der Waals surface area contributed by atoms with Crippen molar-refractivity contribution in [1.29, 1.82) is 0 Å². The van der Waals surface area contributed by atoms with Crippen LogP contribution in [0.1, 0.15) is 37.3 Å². The fourth-order valence-electron chi connectivity index (χ4n) is 2.27. The Hall–Kier alpha value is -1.56. The van der Waals surface area contributed by atoms with Gasteiger partial charge in [-0.05, 0) is 41.5 Å². The Balaban J connectivity index is 2.56. The maximum Gasteiger partial charge on any atom is -0.0147 e. The molecule has 0 radical (unpaired) electrons. The Kier molecular flexibility index (Phi) is 3.63. The van der Waals surface area contributed by atoms with E-state index >= 15 is 0 Å². The second-order valence-corrected chi connectivity index (χ2v) is 4.71. The van der Waals surface area contributed by atoms with Gasteiger partial charge in [-0.3, -0.25) is 0 Å². The van der Waals surface area contributed by atoms with Crippen LogP contribution in [0.5, 0.6) is 0 Å². The third-order valence-corrected chi connectivity index (χ3v) is 3.54. The zero-order valence-corrected chi connectivity index (χ0v) is 10.9. The van der Waals surface area contributed by atoms with Crippen molar-refractivity contribution in [3.63, 3.8) is 0 Å². The number of rotatable bonds is 3. The molecule has 0 heterocycles. The third kappa shape index (κ3) is 2.41. The summed E-state index contributed by atoms with van der Waals surface area (Å²) < 4.78 is 0. The van der Waals surface area contributed by atoms with Gasteiger partial charge in [-0.15, -0.1) is 0 Å². The Morgan fingerprint density at radius 2 is 1.47 bits per heavy atom. The van der Waals surface area contributed by atoms with Crippen LogP contribution < -0.4 is 0 Å². The highest BCUT2D eigenvalue weighted by atomic mass is 14.1. The molecule has 0 saturated heterocycles. The summed E-state index contributed by atoms with van der Waals surface area (Å²) in [4.78, 5) is 0. The van der Waals surface area contributed by atoms with Gasteiger partial charge in [0, 0.05) is 0 Å². The molecule has 0 aliphatic heterocycles. The molecule has 1 atom stereocenters. The first-order valence-corrected chi connectivity index (χ1v) is 6.39. The van der Waals surface area contributed by atoms with Crippen molar-refractivity contribution in [2.75, 3.05) is 0 Å². The van der Waals surface area contributed by atoms with Gasteiger partial charge in [-0.2, -0.15) is 0 Å². The highest BCUT2D eigenvalue weighted by Crippen LogP contribution is 2.32. The lowest BCUT2D eigenvalue weighted by molar-refractivity contribution is 0.735. The van der Waals surface area contributed by atoms with Gasteiger partial charge in [-0.1, -0.05) is 62.4 Å². The molecule has 2 aromatic rings. The number of hydrogen-bond acceptors (Lipinski definition) is 0. The summed E-state index contributed by atoms with van der Waals surface area (Å²) in [5, 5.41) is 0. The van der Waals surface area contributed by atoms with Gasteiger partial charge in [-0.25, -0.2) is 0 Å². The van der Waals surface area contributed by atoms with Crippen LogP contribution in [0.15, 0.2) is 48.5 Å². The molecule has 17 heavy (non-hydrogen) atoms. The SMILES string of the molecule is CC[C@@H](C)c1ccccc1-c1ccccc1C. The minimum Gasteiger partial charge on any atom is -0.0648 e. The van der Waals surface area contributed by atoms with Gasteiger partial charge in [0.05, 0.1) is 0 Å². The first-order chi connectivity index (χ1) is 8.24. The minimum absolute atomic E-state index is 0.616. The van der Waals surface area contributed by atoms with Crippen LogP contribution in [-0.2, 0) is 0 Å². The van der Waals surface area contributed by atoms with Crippen LogP contribution in [-0.4, -0.2) is 0 Å². The molecule has 2 aromatic carbocycles. The lowest BCUT2D eigenvalue weighted by atomic mass is 9.89. The van der Waals surface area contributed by atoms with E-state index in [1.807, 2.05) is 0 Å². The van der Waals surface area contributed by atoms with Crippen LogP contribution in [0.4, 0.5) is 0 Å². The fourth-order valence-corrected chi connectivity index (χ4v) is 2.27. The van der Waals surface area contributed by atoms with Crippen molar-refractivity contribution in [2.24, 2.45) is 0 Å². The molecule has 0 fully saturated rings. The Bertz CT molecular complexity index is 497. The maximum absolute atomic E-state index is 2.30. The molecule has 0 bridgehead atoms. The van der Waals surface area contributed by atoms with Crippen molar-refractivity contribution < 1.29 is 0 Å². The van der Waals surface area contributed by atoms with E-state index in [1.54, 1.807) is 0 Å². The average molecular weight is 224 g/mol. The quantitative estimate of drug-likeness (QED) is 0.674. The summed E-state index contributed by atoms with van der Waals surface area (Å²) in [5.41, 5.74) is 5.57. The first kappa shape index (κ1) is 11.9. The number of benzene rings is 2. The van der Waals surface area contributed by atoms with Crippen molar-refractivity contribution >= 4 is 0 Å². The normalized spacial score (nSPS) is 12.4. The molecule has 0 unspecified atom stereocenters. The van der Waals surface area contributed by atoms with Gasteiger partial charge < -0.3 is 0 Å². The zero-order valence-electron chi connectivity index (χ0n) is 10.9. The molecule has 0 aliphatic rings. The molecule has 88 valence electrons. The first-order valence-electron chi connectivity index (χ1n) is 6.39. The summed E-state index contributed by atoms with van der Waals surface area (Å²) in [6.07, 6.45) is 1.18. The molecule has 0 spiro atoms. The molecule has 0 N–H and O–H groups in total. The summed E-state index contributed by atoms with van der Waals surface area (Å²) in [6.45, 7) is 6.74. The molecule has 0 aliphatic carbocycles. The third-order valence-electron chi connectivity index (χ3n) is 3.54. The predicted octanol–water partition coefficient (Wildman–Crippen LogP) is 5.18. The van der Waals surface area contributed by atoms with Gasteiger partial charge >= 0.3 is 0 Å². The lowest BCUT2D eigenvalue weighted by Gasteiger charge is -2.16. The predicted molar refractivity (Wildman–Crippen MR) is 75.3 cm³/mol. The Morgan fingerprint density at radius 1 is 0.882 bits per heavy atom. The average Bonchev–Trinajstić information content (AvgIpc) is 2.38. The summed E-state index contributed by atoms with van der Waals surface area (Å²) in [5.74, 6) is 0.616. The van der Waals surface area contributed by atoms with Gasteiger partial charge in [0.2, 0.25) is 0 Å². The van der Waals surface area contributed by atoms with Crippen LogP contribution in [0, 0.1) is 6.92 Å². The van der Waals surface area contributed by atoms with Crippen molar-refractivity contribution in [1.82, 2.24) is 0 Å². The minimum atomic E-state index is 0.616. The lowest BCUT2D eigenvalue weighted by Crippen LogP contribution is -1.95. The molecule has 0 nitrogen and oxygen atoms in total. The summed E-state index contributed by atoms with van der Waals surface area (Å²) in [6, 6.07) is 17.4. The van der Waals surface area contributed by atoms with E-state index in [2.05, 4.69) is 69.3 Å². The van der Waals surface area contributed by atoms with Crippen LogP contribution in [0.3, 0.4) is 0 Å². The highest BCUT2D eigenvalue weighted by molar-refractivity contribution is 5.71. The van der Waals surface area contributed by atoms with Crippen molar-refractivity contribution in [3.8, 4) is 11.1 Å². The van der Waals surface area contributed by atoms with Gasteiger partial charge in [0.25, 0.3) is 0 Å². The smallest absolute Gasteiger partial charge is 0.0147 e. The monoisotopic (exact) mass is 224 g/mol. The summed E-state index contributed by atoms with van der Waals surface area (Å²) in [7, 11) is 0. The largest absolute Gasteiger partial charge is 0.0648 e. The Labute approximate surface area is 104 Å². The maximum atomic E-state index is 2.30. The molecular weight excluding hydrogens is 204 g/mol. The van der Waals surface area contributed by atoms with E-state index < -0.39 is 0 Å². The second kappa shape index (κ2) is 5.18. The van der Waals surface area contributed by atoms with Crippen molar-refractivity contribution in [3.05, 3.63) is 59.7 Å². The van der Waals surface area contributed by atoms with E-state index in [-0.39, 0.29) is 0 Å².